The van der Waals surface area contributed by atoms with Crippen LogP contribution in [0.3, 0.4) is 0 Å². The Labute approximate surface area is 112 Å². The van der Waals surface area contributed by atoms with E-state index in [-0.39, 0.29) is 0 Å². The molecule has 0 heterocycles. The molecule has 0 aliphatic rings. The summed E-state index contributed by atoms with van der Waals surface area (Å²) >= 11 is 3.22. The normalized spacial score (nSPS) is 10.5. The summed E-state index contributed by atoms with van der Waals surface area (Å²) in [5.74, 6) is -4.14. The molecule has 0 aliphatic heterocycles. The van der Waals surface area contributed by atoms with Gasteiger partial charge in [-0.3, -0.25) is 4.79 Å². The van der Waals surface area contributed by atoms with Crippen LogP contribution in [-0.2, 0) is 0 Å². The third-order valence-electron chi connectivity index (χ3n) is 2.45. The first-order valence-corrected chi connectivity index (χ1v) is 6.63. The van der Waals surface area contributed by atoms with Gasteiger partial charge in [-0.05, 0) is 13.3 Å². The highest BCUT2D eigenvalue weighted by Crippen LogP contribution is 2.17. The molecule has 1 aromatic rings. The van der Waals surface area contributed by atoms with Crippen molar-refractivity contribution in [3.05, 3.63) is 35.1 Å². The van der Waals surface area contributed by atoms with Crippen LogP contribution in [0.15, 0.2) is 12.1 Å². The first-order chi connectivity index (χ1) is 8.51. The first kappa shape index (κ1) is 15.0. The molecule has 0 unspecified atom stereocenters. The smallest absolute Gasteiger partial charge is 0.259 e. The number of hydrogen-bond donors (Lipinski definition) is 0. The number of halogens is 4. The Bertz CT molecular complexity index is 416. The van der Waals surface area contributed by atoms with Gasteiger partial charge < -0.3 is 4.90 Å². The summed E-state index contributed by atoms with van der Waals surface area (Å²) in [5.41, 5.74) is -0.701. The second-order valence-electron chi connectivity index (χ2n) is 3.67. The van der Waals surface area contributed by atoms with Gasteiger partial charge in [0.25, 0.3) is 5.91 Å². The second kappa shape index (κ2) is 6.78. The van der Waals surface area contributed by atoms with Gasteiger partial charge in [0.15, 0.2) is 0 Å². The molecular formula is C12H13BrF3NO. The largest absolute Gasteiger partial charge is 0.339 e. The summed E-state index contributed by atoms with van der Waals surface area (Å²) in [7, 11) is 0. The van der Waals surface area contributed by atoms with Gasteiger partial charge in [-0.25, -0.2) is 13.2 Å². The maximum atomic E-state index is 13.4. The summed E-state index contributed by atoms with van der Waals surface area (Å²) in [4.78, 5) is 13.3. The van der Waals surface area contributed by atoms with Crippen molar-refractivity contribution < 1.29 is 18.0 Å². The Morgan fingerprint density at radius 2 is 1.83 bits per heavy atom. The van der Waals surface area contributed by atoms with E-state index in [4.69, 9.17) is 0 Å². The molecule has 0 N–H and O–H groups in total. The lowest BCUT2D eigenvalue weighted by Gasteiger charge is -2.21. The van der Waals surface area contributed by atoms with Crippen LogP contribution in [0.2, 0.25) is 0 Å². The zero-order valence-electron chi connectivity index (χ0n) is 9.85. The van der Waals surface area contributed by atoms with Crippen LogP contribution in [0.5, 0.6) is 0 Å². The fourth-order valence-electron chi connectivity index (χ4n) is 1.56. The third-order valence-corrected chi connectivity index (χ3v) is 3.01. The zero-order chi connectivity index (χ0) is 13.7. The lowest BCUT2D eigenvalue weighted by atomic mass is 10.1. The molecule has 1 rings (SSSR count). The van der Waals surface area contributed by atoms with E-state index < -0.39 is 28.9 Å². The molecule has 0 spiro atoms. The van der Waals surface area contributed by atoms with Crippen LogP contribution in [-0.4, -0.2) is 29.2 Å². The fraction of sp³-hybridized carbons (Fsp3) is 0.417. The van der Waals surface area contributed by atoms with E-state index in [1.54, 1.807) is 6.92 Å². The van der Waals surface area contributed by atoms with Gasteiger partial charge in [0, 0.05) is 30.6 Å². The molecule has 18 heavy (non-hydrogen) atoms. The predicted octanol–water partition coefficient (Wildman–Crippen LogP) is 3.35. The highest BCUT2D eigenvalue weighted by Gasteiger charge is 2.23. The standard InChI is InChI=1S/C12H13BrF3NO/c1-2-17(5-3-4-13)12(18)11-9(15)6-8(14)7-10(11)16/h6-7H,2-5H2,1H3. The van der Waals surface area contributed by atoms with Gasteiger partial charge in [-0.2, -0.15) is 0 Å². The molecule has 0 bridgehead atoms. The molecule has 0 radical (unpaired) electrons. The Hall–Kier alpha value is -1.04. The van der Waals surface area contributed by atoms with Crippen LogP contribution < -0.4 is 0 Å². The SMILES string of the molecule is CCN(CCCBr)C(=O)c1c(F)cc(F)cc1F. The van der Waals surface area contributed by atoms with E-state index in [1.165, 1.54) is 4.90 Å². The summed E-state index contributed by atoms with van der Waals surface area (Å²) in [6, 6.07) is 1.02. The Morgan fingerprint density at radius 3 is 2.28 bits per heavy atom. The molecule has 0 fully saturated rings. The first-order valence-electron chi connectivity index (χ1n) is 5.51. The van der Waals surface area contributed by atoms with Crippen LogP contribution in [0, 0.1) is 17.5 Å². The van der Waals surface area contributed by atoms with E-state index in [0.29, 0.717) is 37.0 Å². The van der Waals surface area contributed by atoms with Crippen molar-refractivity contribution in [1.29, 1.82) is 0 Å². The molecular weight excluding hydrogens is 311 g/mol. The fourth-order valence-corrected chi connectivity index (χ4v) is 1.81. The van der Waals surface area contributed by atoms with Gasteiger partial charge in [-0.1, -0.05) is 15.9 Å². The summed E-state index contributed by atoms with van der Waals surface area (Å²) < 4.78 is 39.6. The van der Waals surface area contributed by atoms with Gasteiger partial charge in [0.1, 0.15) is 23.0 Å². The van der Waals surface area contributed by atoms with Crippen molar-refractivity contribution in [3.63, 3.8) is 0 Å². The van der Waals surface area contributed by atoms with Crippen LogP contribution in [0.4, 0.5) is 13.2 Å². The van der Waals surface area contributed by atoms with Crippen LogP contribution in [0.1, 0.15) is 23.7 Å². The van der Waals surface area contributed by atoms with Gasteiger partial charge in [-0.15, -0.1) is 0 Å². The summed E-state index contributed by atoms with van der Waals surface area (Å²) in [5, 5.41) is 0.686. The average molecular weight is 324 g/mol. The third kappa shape index (κ3) is 3.48. The molecule has 2 nitrogen and oxygen atoms in total. The number of carbonyl (C=O) groups excluding carboxylic acids is 1. The molecule has 0 atom stereocenters. The van der Waals surface area contributed by atoms with E-state index in [1.807, 2.05) is 0 Å². The molecule has 0 saturated heterocycles. The molecule has 1 aromatic carbocycles. The second-order valence-corrected chi connectivity index (χ2v) is 4.46. The lowest BCUT2D eigenvalue weighted by Crippen LogP contribution is -2.33. The van der Waals surface area contributed by atoms with E-state index in [9.17, 15) is 18.0 Å². The number of rotatable bonds is 5. The van der Waals surface area contributed by atoms with Crippen molar-refractivity contribution in [3.8, 4) is 0 Å². The minimum absolute atomic E-state index is 0.335. The number of nitrogens with zero attached hydrogens (tertiary/aromatic N) is 1. The zero-order valence-corrected chi connectivity index (χ0v) is 11.4. The summed E-state index contributed by atoms with van der Waals surface area (Å²) in [6.45, 7) is 2.43. The Kier molecular flexibility index (Phi) is 5.65. The predicted molar refractivity (Wildman–Crippen MR) is 66.3 cm³/mol. The highest BCUT2D eigenvalue weighted by molar-refractivity contribution is 9.09. The topological polar surface area (TPSA) is 20.3 Å². The minimum Gasteiger partial charge on any atom is -0.339 e. The monoisotopic (exact) mass is 323 g/mol. The number of alkyl halides is 1. The van der Waals surface area contributed by atoms with Crippen LogP contribution in [0.25, 0.3) is 0 Å². The Morgan fingerprint density at radius 1 is 1.28 bits per heavy atom. The average Bonchev–Trinajstić information content (AvgIpc) is 2.28. The summed E-state index contributed by atoms with van der Waals surface area (Å²) in [6.07, 6.45) is 0.671. The van der Waals surface area contributed by atoms with Gasteiger partial charge in [0.05, 0.1) is 0 Å². The molecule has 1 amide bonds. The lowest BCUT2D eigenvalue weighted by molar-refractivity contribution is 0.0755. The van der Waals surface area contributed by atoms with Gasteiger partial charge in [0.2, 0.25) is 0 Å². The molecule has 0 aromatic heterocycles. The van der Waals surface area contributed by atoms with E-state index in [0.717, 1.165) is 0 Å². The van der Waals surface area contributed by atoms with Crippen molar-refractivity contribution in [2.24, 2.45) is 0 Å². The number of carbonyl (C=O) groups is 1. The number of amides is 1. The van der Waals surface area contributed by atoms with E-state index >= 15 is 0 Å². The maximum Gasteiger partial charge on any atom is 0.259 e. The van der Waals surface area contributed by atoms with Crippen molar-refractivity contribution >= 4 is 21.8 Å². The number of hydrogen-bond acceptors (Lipinski definition) is 1. The highest BCUT2D eigenvalue weighted by atomic mass is 79.9. The van der Waals surface area contributed by atoms with Gasteiger partial charge >= 0.3 is 0 Å². The Balaban J connectivity index is 3.01. The maximum absolute atomic E-state index is 13.4. The molecule has 6 heteroatoms. The van der Waals surface area contributed by atoms with E-state index in [2.05, 4.69) is 15.9 Å². The molecule has 100 valence electrons. The van der Waals surface area contributed by atoms with Crippen molar-refractivity contribution in [1.82, 2.24) is 4.90 Å². The van der Waals surface area contributed by atoms with Crippen molar-refractivity contribution in [2.75, 3.05) is 18.4 Å². The number of benzene rings is 1. The molecule has 0 aliphatic carbocycles. The van der Waals surface area contributed by atoms with Crippen molar-refractivity contribution in [2.45, 2.75) is 13.3 Å². The molecule has 0 saturated carbocycles. The quantitative estimate of drug-likeness (QED) is 0.761. The van der Waals surface area contributed by atoms with Crippen LogP contribution >= 0.6 is 15.9 Å². The minimum atomic E-state index is -1.17.